The molecule has 3 rings (SSSR count). The summed E-state index contributed by atoms with van der Waals surface area (Å²) in [5.41, 5.74) is 0.989. The van der Waals surface area contributed by atoms with Crippen LogP contribution >= 0.6 is 0 Å². The number of nitrogens with zero attached hydrogens (tertiary/aromatic N) is 2. The zero-order valence-corrected chi connectivity index (χ0v) is 18.2. The Morgan fingerprint density at radius 3 is 2.19 bits per heavy atom. The van der Waals surface area contributed by atoms with Crippen LogP contribution in [0.2, 0.25) is 0 Å². The largest absolute Gasteiger partial charge is 0.573 e. The van der Waals surface area contributed by atoms with Crippen molar-refractivity contribution in [1.82, 2.24) is 14.5 Å². The lowest BCUT2D eigenvalue weighted by Crippen LogP contribution is -2.51. The van der Waals surface area contributed by atoms with Gasteiger partial charge in [-0.15, -0.1) is 13.2 Å². The molecule has 174 valence electrons. The fourth-order valence-electron chi connectivity index (χ4n) is 3.41. The van der Waals surface area contributed by atoms with Crippen LogP contribution in [-0.2, 0) is 14.8 Å². The molecule has 2 aromatic rings. The lowest BCUT2D eigenvalue weighted by molar-refractivity contribution is -0.274. The van der Waals surface area contributed by atoms with Crippen LogP contribution in [0.5, 0.6) is 5.75 Å². The maximum atomic E-state index is 12.8. The number of hydrogen-bond donors (Lipinski definition) is 1. The molecule has 1 unspecified atom stereocenters. The third-order valence-corrected chi connectivity index (χ3v) is 6.98. The van der Waals surface area contributed by atoms with Gasteiger partial charge in [-0.1, -0.05) is 30.3 Å². The first-order chi connectivity index (χ1) is 15.0. The van der Waals surface area contributed by atoms with Crippen LogP contribution in [0.25, 0.3) is 0 Å². The molecule has 1 N–H and O–H groups in total. The molecule has 1 amide bonds. The Labute approximate surface area is 184 Å². The Morgan fingerprint density at radius 2 is 1.62 bits per heavy atom. The number of carbonyl (C=O) groups excluding carboxylic acids is 1. The lowest BCUT2D eigenvalue weighted by atomic mass is 10.1. The quantitative estimate of drug-likeness (QED) is 0.672. The Bertz CT molecular complexity index is 1010. The minimum Gasteiger partial charge on any atom is -0.406 e. The topological polar surface area (TPSA) is 79.0 Å². The number of piperazine rings is 1. The van der Waals surface area contributed by atoms with E-state index in [9.17, 15) is 26.4 Å². The number of benzene rings is 2. The van der Waals surface area contributed by atoms with Crippen molar-refractivity contribution in [3.8, 4) is 5.75 Å². The summed E-state index contributed by atoms with van der Waals surface area (Å²) in [4.78, 5) is 14.1. The van der Waals surface area contributed by atoms with Crippen LogP contribution in [0, 0.1) is 0 Å². The van der Waals surface area contributed by atoms with E-state index in [1.807, 2.05) is 42.2 Å². The summed E-state index contributed by atoms with van der Waals surface area (Å²) in [7, 11) is -3.86. The maximum absolute atomic E-state index is 12.8. The second-order valence-electron chi connectivity index (χ2n) is 7.40. The highest BCUT2D eigenvalue weighted by Gasteiger charge is 2.32. The molecule has 2 aromatic carbocycles. The number of sulfonamides is 1. The van der Waals surface area contributed by atoms with Gasteiger partial charge in [0.15, 0.2) is 0 Å². The number of rotatable bonds is 7. The predicted octanol–water partition coefficient (Wildman–Crippen LogP) is 2.77. The minimum absolute atomic E-state index is 0.116. The summed E-state index contributed by atoms with van der Waals surface area (Å²) < 4.78 is 67.4. The summed E-state index contributed by atoms with van der Waals surface area (Å²) in [6.45, 7) is 3.11. The molecule has 1 fully saturated rings. The standard InChI is InChI=1S/C21H24F3N3O4S/c1-16(17-5-3-2-4-6-17)25-20(28)15-26-11-13-27(14-12-26)32(29,30)19-9-7-18(8-10-19)31-21(22,23)24/h2-10,16H,11-15H2,1H3,(H,25,28). The average Bonchev–Trinajstić information content (AvgIpc) is 2.74. The van der Waals surface area contributed by atoms with E-state index < -0.39 is 22.1 Å². The smallest absolute Gasteiger partial charge is 0.406 e. The molecule has 1 aliphatic heterocycles. The fraction of sp³-hybridized carbons (Fsp3) is 0.381. The maximum Gasteiger partial charge on any atom is 0.573 e. The third kappa shape index (κ3) is 6.44. The van der Waals surface area contributed by atoms with Gasteiger partial charge >= 0.3 is 6.36 Å². The first kappa shape index (κ1) is 24.0. The second-order valence-corrected chi connectivity index (χ2v) is 9.34. The SMILES string of the molecule is CC(NC(=O)CN1CCN(S(=O)(=O)c2ccc(OC(F)(F)F)cc2)CC1)c1ccccc1. The number of halogens is 3. The van der Waals surface area contributed by atoms with Crippen molar-refractivity contribution >= 4 is 15.9 Å². The van der Waals surface area contributed by atoms with E-state index in [1.165, 1.54) is 4.31 Å². The molecule has 0 radical (unpaired) electrons. The predicted molar refractivity (Wildman–Crippen MR) is 111 cm³/mol. The number of hydrogen-bond acceptors (Lipinski definition) is 5. The summed E-state index contributed by atoms with van der Waals surface area (Å²) in [6, 6.07) is 13.5. The molecule has 0 bridgehead atoms. The third-order valence-electron chi connectivity index (χ3n) is 5.07. The van der Waals surface area contributed by atoms with Gasteiger partial charge < -0.3 is 10.1 Å². The molecule has 0 aromatic heterocycles. The van der Waals surface area contributed by atoms with Crippen LogP contribution in [0.4, 0.5) is 13.2 Å². The molecule has 11 heteroatoms. The van der Waals surface area contributed by atoms with E-state index in [-0.39, 0.29) is 36.5 Å². The normalized spacial score (nSPS) is 17.0. The Kier molecular flexibility index (Phi) is 7.42. The number of amides is 1. The van der Waals surface area contributed by atoms with Gasteiger partial charge in [0, 0.05) is 26.2 Å². The van der Waals surface area contributed by atoms with Crippen LogP contribution in [0.15, 0.2) is 59.5 Å². The van der Waals surface area contributed by atoms with Gasteiger partial charge in [-0.05, 0) is 36.8 Å². The van der Waals surface area contributed by atoms with Gasteiger partial charge in [0.2, 0.25) is 15.9 Å². The number of alkyl halides is 3. The molecule has 0 aliphatic carbocycles. The number of nitrogens with one attached hydrogen (secondary N) is 1. The van der Waals surface area contributed by atoms with E-state index in [0.29, 0.717) is 13.1 Å². The average molecular weight is 472 g/mol. The first-order valence-corrected chi connectivity index (χ1v) is 11.4. The van der Waals surface area contributed by atoms with Crippen molar-refractivity contribution in [2.24, 2.45) is 0 Å². The molecule has 32 heavy (non-hydrogen) atoms. The molecule has 0 spiro atoms. The van der Waals surface area contributed by atoms with Gasteiger partial charge in [0.05, 0.1) is 17.5 Å². The summed E-state index contributed by atoms with van der Waals surface area (Å²) in [6.07, 6.45) is -4.85. The van der Waals surface area contributed by atoms with Crippen LogP contribution < -0.4 is 10.1 Å². The summed E-state index contributed by atoms with van der Waals surface area (Å²) in [5, 5.41) is 2.93. The van der Waals surface area contributed by atoms with Crippen LogP contribution in [0.3, 0.4) is 0 Å². The van der Waals surface area contributed by atoms with E-state index in [1.54, 1.807) is 0 Å². The van der Waals surface area contributed by atoms with Gasteiger partial charge in [-0.2, -0.15) is 4.31 Å². The van der Waals surface area contributed by atoms with Crippen molar-refractivity contribution in [2.75, 3.05) is 32.7 Å². The van der Waals surface area contributed by atoms with Crippen LogP contribution in [0.1, 0.15) is 18.5 Å². The van der Waals surface area contributed by atoms with E-state index in [0.717, 1.165) is 29.8 Å². The molecule has 1 atom stereocenters. The zero-order valence-electron chi connectivity index (χ0n) is 17.4. The van der Waals surface area contributed by atoms with Crippen molar-refractivity contribution in [1.29, 1.82) is 0 Å². The monoisotopic (exact) mass is 471 g/mol. The first-order valence-electron chi connectivity index (χ1n) is 9.97. The van der Waals surface area contributed by atoms with Gasteiger partial charge in [-0.3, -0.25) is 9.69 Å². The molecular formula is C21H24F3N3O4S. The van der Waals surface area contributed by atoms with Crippen molar-refractivity contribution < 1.29 is 31.1 Å². The lowest BCUT2D eigenvalue weighted by Gasteiger charge is -2.33. The minimum atomic E-state index is -4.85. The molecule has 7 nitrogen and oxygen atoms in total. The van der Waals surface area contributed by atoms with Gasteiger partial charge in [0.1, 0.15) is 5.75 Å². The summed E-state index contributed by atoms with van der Waals surface area (Å²) in [5.74, 6) is -0.644. The Morgan fingerprint density at radius 1 is 1.03 bits per heavy atom. The van der Waals surface area contributed by atoms with E-state index in [4.69, 9.17) is 0 Å². The highest BCUT2D eigenvalue weighted by atomic mass is 32.2. The molecular weight excluding hydrogens is 447 g/mol. The Hall–Kier alpha value is -2.63. The van der Waals surface area contributed by atoms with E-state index >= 15 is 0 Å². The van der Waals surface area contributed by atoms with E-state index in [2.05, 4.69) is 10.1 Å². The molecule has 0 saturated carbocycles. The fourth-order valence-corrected chi connectivity index (χ4v) is 4.83. The highest BCUT2D eigenvalue weighted by Crippen LogP contribution is 2.25. The van der Waals surface area contributed by atoms with Gasteiger partial charge in [0.25, 0.3) is 0 Å². The number of carbonyl (C=O) groups is 1. The van der Waals surface area contributed by atoms with Crippen LogP contribution in [-0.4, -0.2) is 62.6 Å². The summed E-state index contributed by atoms with van der Waals surface area (Å²) >= 11 is 0. The second kappa shape index (κ2) is 9.88. The molecule has 1 aliphatic rings. The Balaban J connectivity index is 1.51. The van der Waals surface area contributed by atoms with Crippen molar-refractivity contribution in [3.63, 3.8) is 0 Å². The highest BCUT2D eigenvalue weighted by molar-refractivity contribution is 7.89. The van der Waals surface area contributed by atoms with Gasteiger partial charge in [-0.25, -0.2) is 8.42 Å². The van der Waals surface area contributed by atoms with Crippen molar-refractivity contribution in [2.45, 2.75) is 24.2 Å². The number of ether oxygens (including phenoxy) is 1. The van der Waals surface area contributed by atoms with Crippen molar-refractivity contribution in [3.05, 3.63) is 60.2 Å². The zero-order chi connectivity index (χ0) is 23.4. The molecule has 1 saturated heterocycles. The molecule has 1 heterocycles.